The Balaban J connectivity index is 2.45. The van der Waals surface area contributed by atoms with E-state index in [0.29, 0.717) is 6.42 Å². The minimum Gasteiger partial charge on any atom is -0.334 e. The van der Waals surface area contributed by atoms with Crippen molar-refractivity contribution < 1.29 is 13.3 Å². The summed E-state index contributed by atoms with van der Waals surface area (Å²) in [4.78, 5) is 4.02. The maximum Gasteiger partial charge on any atom is 0.261 e. The van der Waals surface area contributed by atoms with Gasteiger partial charge >= 0.3 is 0 Å². The predicted octanol–water partition coefficient (Wildman–Crippen LogP) is 2.60. The molecule has 0 saturated carbocycles. The van der Waals surface area contributed by atoms with Crippen LogP contribution in [0.5, 0.6) is 0 Å². The van der Waals surface area contributed by atoms with Crippen molar-refractivity contribution in [3.05, 3.63) is 35.7 Å². The van der Waals surface area contributed by atoms with E-state index >= 15 is 0 Å². The Hall–Kier alpha value is -1.82. The van der Waals surface area contributed by atoms with Crippen LogP contribution in [0.1, 0.15) is 26.1 Å². The molecule has 1 atom stereocenters. The molecular formula is C12H13F2N3O. The highest BCUT2D eigenvalue weighted by Gasteiger charge is 2.26. The summed E-state index contributed by atoms with van der Waals surface area (Å²) in [5.74, 6) is -1.78. The van der Waals surface area contributed by atoms with Crippen LogP contribution in [0.2, 0.25) is 0 Å². The Morgan fingerprint density at radius 3 is 2.78 bits per heavy atom. The van der Waals surface area contributed by atoms with Gasteiger partial charge in [0.25, 0.3) is 5.89 Å². The molecule has 2 rings (SSSR count). The number of benzene rings is 1. The molecule has 0 aliphatic carbocycles. The largest absolute Gasteiger partial charge is 0.334 e. The third-order valence-corrected chi connectivity index (χ3v) is 2.85. The molecule has 1 aromatic carbocycles. The maximum atomic E-state index is 13.5. The van der Waals surface area contributed by atoms with E-state index in [4.69, 9.17) is 10.3 Å². The Morgan fingerprint density at radius 2 is 2.11 bits per heavy atom. The van der Waals surface area contributed by atoms with Crippen molar-refractivity contribution >= 4 is 0 Å². The minimum absolute atomic E-state index is 0.0688. The van der Waals surface area contributed by atoms with E-state index in [1.54, 1.807) is 6.92 Å². The summed E-state index contributed by atoms with van der Waals surface area (Å²) in [6.07, 6.45) is 0.595. The lowest BCUT2D eigenvalue weighted by atomic mass is 10.00. The van der Waals surface area contributed by atoms with E-state index in [0.717, 1.165) is 6.07 Å². The lowest BCUT2D eigenvalue weighted by Gasteiger charge is -2.16. The second-order valence-electron chi connectivity index (χ2n) is 4.30. The van der Waals surface area contributed by atoms with E-state index in [1.165, 1.54) is 12.1 Å². The van der Waals surface area contributed by atoms with Crippen LogP contribution in [0.4, 0.5) is 8.78 Å². The highest BCUT2D eigenvalue weighted by atomic mass is 19.2. The molecule has 18 heavy (non-hydrogen) atoms. The first-order chi connectivity index (χ1) is 8.45. The molecule has 2 N–H and O–H groups in total. The van der Waals surface area contributed by atoms with Gasteiger partial charge in [-0.2, -0.15) is 4.98 Å². The van der Waals surface area contributed by atoms with Crippen LogP contribution >= 0.6 is 0 Å². The molecule has 0 amide bonds. The SMILES string of the molecule is CCC(C)(N)c1noc(-c2cccc(F)c2F)n1. The summed E-state index contributed by atoms with van der Waals surface area (Å²) < 4.78 is 31.6. The predicted molar refractivity (Wildman–Crippen MR) is 61.5 cm³/mol. The molecule has 0 saturated heterocycles. The van der Waals surface area contributed by atoms with E-state index in [1.807, 2.05) is 6.92 Å². The first kappa shape index (κ1) is 12.6. The molecule has 0 aliphatic heterocycles. The molecule has 1 unspecified atom stereocenters. The third kappa shape index (κ3) is 2.11. The van der Waals surface area contributed by atoms with Gasteiger partial charge < -0.3 is 10.3 Å². The van der Waals surface area contributed by atoms with Gasteiger partial charge in [0.15, 0.2) is 17.5 Å². The first-order valence-electron chi connectivity index (χ1n) is 5.53. The summed E-state index contributed by atoms with van der Waals surface area (Å²) in [5, 5.41) is 3.71. The fourth-order valence-electron chi connectivity index (χ4n) is 1.39. The van der Waals surface area contributed by atoms with Gasteiger partial charge in [0, 0.05) is 0 Å². The van der Waals surface area contributed by atoms with Crippen molar-refractivity contribution in [1.29, 1.82) is 0 Å². The second kappa shape index (κ2) is 4.45. The van der Waals surface area contributed by atoms with Gasteiger partial charge in [0.05, 0.1) is 11.1 Å². The molecule has 4 nitrogen and oxygen atoms in total. The van der Waals surface area contributed by atoms with Crippen LogP contribution in [0, 0.1) is 11.6 Å². The monoisotopic (exact) mass is 253 g/mol. The molecule has 96 valence electrons. The highest BCUT2D eigenvalue weighted by Crippen LogP contribution is 2.25. The molecule has 0 fully saturated rings. The van der Waals surface area contributed by atoms with Gasteiger partial charge in [-0.25, -0.2) is 8.78 Å². The number of hydrogen-bond acceptors (Lipinski definition) is 4. The average molecular weight is 253 g/mol. The fourth-order valence-corrected chi connectivity index (χ4v) is 1.39. The summed E-state index contributed by atoms with van der Waals surface area (Å²) in [7, 11) is 0. The molecule has 0 spiro atoms. The van der Waals surface area contributed by atoms with Gasteiger partial charge in [0.2, 0.25) is 0 Å². The van der Waals surface area contributed by atoms with Crippen molar-refractivity contribution in [3.8, 4) is 11.5 Å². The zero-order valence-corrected chi connectivity index (χ0v) is 10.1. The van der Waals surface area contributed by atoms with Crippen molar-refractivity contribution in [2.45, 2.75) is 25.8 Å². The summed E-state index contributed by atoms with van der Waals surface area (Å²) in [5.41, 5.74) is 5.12. The average Bonchev–Trinajstić information content (AvgIpc) is 2.82. The van der Waals surface area contributed by atoms with E-state index < -0.39 is 17.2 Å². The smallest absolute Gasteiger partial charge is 0.261 e. The van der Waals surface area contributed by atoms with Gasteiger partial charge in [-0.15, -0.1) is 0 Å². The second-order valence-corrected chi connectivity index (χ2v) is 4.30. The van der Waals surface area contributed by atoms with Crippen molar-refractivity contribution in [2.24, 2.45) is 5.73 Å². The lowest BCUT2D eigenvalue weighted by Crippen LogP contribution is -2.33. The van der Waals surface area contributed by atoms with Crippen LogP contribution in [0.25, 0.3) is 11.5 Å². The van der Waals surface area contributed by atoms with Crippen LogP contribution < -0.4 is 5.73 Å². The molecule has 2 aromatic rings. The number of hydrogen-bond donors (Lipinski definition) is 1. The molecule has 0 bridgehead atoms. The minimum atomic E-state index is -1.01. The van der Waals surface area contributed by atoms with Gasteiger partial charge in [-0.3, -0.25) is 0 Å². The number of nitrogens with two attached hydrogens (primary N) is 1. The van der Waals surface area contributed by atoms with Crippen molar-refractivity contribution in [2.75, 3.05) is 0 Å². The highest BCUT2D eigenvalue weighted by molar-refractivity contribution is 5.53. The first-order valence-corrected chi connectivity index (χ1v) is 5.53. The molecular weight excluding hydrogens is 240 g/mol. The van der Waals surface area contributed by atoms with Crippen LogP contribution in [0.3, 0.4) is 0 Å². The fraction of sp³-hybridized carbons (Fsp3) is 0.333. The normalized spacial score (nSPS) is 14.5. The lowest BCUT2D eigenvalue weighted by molar-refractivity contribution is 0.377. The van der Waals surface area contributed by atoms with Gasteiger partial charge in [-0.05, 0) is 25.5 Å². The Labute approximate surface area is 103 Å². The van der Waals surface area contributed by atoms with Crippen LogP contribution in [-0.2, 0) is 5.54 Å². The number of nitrogens with zero attached hydrogens (tertiary/aromatic N) is 2. The van der Waals surface area contributed by atoms with Crippen LogP contribution in [0.15, 0.2) is 22.7 Å². The Bertz CT molecular complexity index is 566. The van der Waals surface area contributed by atoms with Gasteiger partial charge in [-0.1, -0.05) is 18.1 Å². The molecule has 1 aromatic heterocycles. The van der Waals surface area contributed by atoms with Crippen LogP contribution in [-0.4, -0.2) is 10.1 Å². The standard InChI is InChI=1S/C12H13F2N3O/c1-3-12(2,15)11-16-10(18-17-11)7-5-4-6-8(13)9(7)14/h4-6H,3,15H2,1-2H3. The van der Waals surface area contributed by atoms with Crippen molar-refractivity contribution in [3.63, 3.8) is 0 Å². The zero-order valence-electron chi connectivity index (χ0n) is 10.1. The number of halogens is 2. The van der Waals surface area contributed by atoms with E-state index in [-0.39, 0.29) is 17.3 Å². The molecule has 6 heteroatoms. The number of aromatic nitrogens is 2. The molecule has 0 aliphatic rings. The summed E-state index contributed by atoms with van der Waals surface area (Å²) in [6, 6.07) is 3.77. The molecule has 0 radical (unpaired) electrons. The summed E-state index contributed by atoms with van der Waals surface area (Å²) in [6.45, 7) is 3.61. The Morgan fingerprint density at radius 1 is 1.39 bits per heavy atom. The maximum absolute atomic E-state index is 13.5. The van der Waals surface area contributed by atoms with E-state index in [9.17, 15) is 8.78 Å². The quantitative estimate of drug-likeness (QED) is 0.913. The van der Waals surface area contributed by atoms with Gasteiger partial charge in [0.1, 0.15) is 0 Å². The summed E-state index contributed by atoms with van der Waals surface area (Å²) >= 11 is 0. The number of rotatable bonds is 3. The Kier molecular flexibility index (Phi) is 3.13. The van der Waals surface area contributed by atoms with Crippen molar-refractivity contribution in [1.82, 2.24) is 10.1 Å². The van der Waals surface area contributed by atoms with E-state index in [2.05, 4.69) is 10.1 Å². The zero-order chi connectivity index (χ0) is 13.3. The third-order valence-electron chi connectivity index (χ3n) is 2.85. The topological polar surface area (TPSA) is 64.9 Å². The molecule has 1 heterocycles.